The van der Waals surface area contributed by atoms with Gasteiger partial charge in [0.05, 0.1) is 5.56 Å². The van der Waals surface area contributed by atoms with Gasteiger partial charge in [0.25, 0.3) is 0 Å². The molecule has 33 heavy (non-hydrogen) atoms. The van der Waals surface area contributed by atoms with Gasteiger partial charge in [-0.1, -0.05) is 43.3 Å². The van der Waals surface area contributed by atoms with Crippen molar-refractivity contribution in [3.05, 3.63) is 93.7 Å². The molecule has 2 aromatic carbocycles. The molecule has 1 saturated carbocycles. The average molecular weight is 450 g/mol. The molecule has 0 amide bonds. The molecule has 0 N–H and O–H groups in total. The van der Waals surface area contributed by atoms with Crippen molar-refractivity contribution in [2.24, 2.45) is 5.92 Å². The number of hydrogen-bond donors (Lipinski definition) is 0. The minimum Gasteiger partial charge on any atom is -0.473 e. The van der Waals surface area contributed by atoms with Crippen LogP contribution in [0, 0.1) is 5.92 Å². The zero-order valence-corrected chi connectivity index (χ0v) is 18.6. The normalized spacial score (nSPS) is 22.3. The van der Waals surface area contributed by atoms with Crippen LogP contribution < -0.4 is 4.74 Å². The van der Waals surface area contributed by atoms with Crippen LogP contribution in [0.5, 0.6) is 5.88 Å². The van der Waals surface area contributed by atoms with E-state index in [1.54, 1.807) is 12.1 Å². The Kier molecular flexibility index (Phi) is 4.62. The van der Waals surface area contributed by atoms with Gasteiger partial charge in [-0.05, 0) is 82.9 Å². The minimum absolute atomic E-state index is 0.0519. The lowest BCUT2D eigenvalue weighted by molar-refractivity contribution is -0.138. The molecular weight excluding hydrogens is 423 g/mol. The van der Waals surface area contributed by atoms with Crippen LogP contribution in [0.2, 0.25) is 0 Å². The van der Waals surface area contributed by atoms with Crippen molar-refractivity contribution < 1.29 is 17.9 Å². The van der Waals surface area contributed by atoms with E-state index in [4.69, 9.17) is 4.74 Å². The lowest BCUT2D eigenvalue weighted by Crippen LogP contribution is -2.12. The SMILES string of the molecule is CC1Cc2cnc(OCc3ccc4c(c3)C(c3ccccc3C(F)(F)F)CC43CC3)cc2C1. The molecule has 2 atom stereocenters. The first kappa shape index (κ1) is 20.8. The van der Waals surface area contributed by atoms with Gasteiger partial charge in [0, 0.05) is 18.2 Å². The molecule has 3 aromatic rings. The van der Waals surface area contributed by atoms with E-state index in [1.807, 2.05) is 12.3 Å². The number of fused-ring (bicyclic) bond motifs is 3. The smallest absolute Gasteiger partial charge is 0.416 e. The summed E-state index contributed by atoms with van der Waals surface area (Å²) in [6, 6.07) is 14.3. The highest BCUT2D eigenvalue weighted by Crippen LogP contribution is 2.62. The Bertz CT molecular complexity index is 1230. The third-order valence-electron chi connectivity index (χ3n) is 7.73. The second kappa shape index (κ2) is 7.34. The summed E-state index contributed by atoms with van der Waals surface area (Å²) in [6.07, 6.45) is 2.54. The van der Waals surface area contributed by atoms with Crippen molar-refractivity contribution in [1.29, 1.82) is 0 Å². The van der Waals surface area contributed by atoms with Crippen LogP contribution in [0.1, 0.15) is 71.0 Å². The van der Waals surface area contributed by atoms with Crippen molar-refractivity contribution in [2.45, 2.75) is 63.1 Å². The summed E-state index contributed by atoms with van der Waals surface area (Å²) in [6.45, 7) is 2.60. The topological polar surface area (TPSA) is 22.1 Å². The van der Waals surface area contributed by atoms with Crippen LogP contribution >= 0.6 is 0 Å². The Morgan fingerprint density at radius 2 is 1.79 bits per heavy atom. The van der Waals surface area contributed by atoms with Gasteiger partial charge < -0.3 is 4.74 Å². The number of benzene rings is 2. The number of nitrogens with zero attached hydrogens (tertiary/aromatic N) is 1. The van der Waals surface area contributed by atoms with Gasteiger partial charge in [0.1, 0.15) is 6.61 Å². The number of ether oxygens (including phenoxy) is 1. The fourth-order valence-corrected chi connectivity index (χ4v) is 5.98. The molecule has 0 saturated heterocycles. The summed E-state index contributed by atoms with van der Waals surface area (Å²) in [5.74, 6) is 1.01. The molecule has 0 bridgehead atoms. The van der Waals surface area contributed by atoms with E-state index in [0.29, 0.717) is 24.0 Å². The first-order valence-corrected chi connectivity index (χ1v) is 11.7. The summed E-state index contributed by atoms with van der Waals surface area (Å²) in [5, 5.41) is 0. The third-order valence-corrected chi connectivity index (χ3v) is 7.73. The Hall–Kier alpha value is -2.82. The lowest BCUT2D eigenvalue weighted by atomic mass is 9.88. The van der Waals surface area contributed by atoms with Gasteiger partial charge in [0.15, 0.2) is 0 Å². The largest absolute Gasteiger partial charge is 0.473 e. The number of alkyl halides is 3. The highest BCUT2D eigenvalue weighted by Gasteiger charge is 2.53. The Balaban J connectivity index is 1.29. The van der Waals surface area contributed by atoms with E-state index in [1.165, 1.54) is 28.8 Å². The lowest BCUT2D eigenvalue weighted by Gasteiger charge is -2.19. The van der Waals surface area contributed by atoms with Crippen LogP contribution in [0.3, 0.4) is 0 Å². The van der Waals surface area contributed by atoms with Crippen molar-refractivity contribution >= 4 is 0 Å². The standard InChI is InChI=1S/C28H26F3NO/c1-17-10-19-13-26(32-15-20(19)11-17)33-16-18-6-7-24-22(12-18)23(14-27(24)8-9-27)21-4-2-3-5-25(21)28(29,30)31/h2-7,12-13,15,17,23H,8-11,14,16H2,1H3. The van der Waals surface area contributed by atoms with E-state index in [-0.39, 0.29) is 11.3 Å². The first-order valence-electron chi connectivity index (χ1n) is 11.7. The van der Waals surface area contributed by atoms with Crippen LogP contribution in [-0.4, -0.2) is 4.98 Å². The summed E-state index contributed by atoms with van der Waals surface area (Å²) in [5.41, 5.74) is 5.75. The number of halogens is 3. The fourth-order valence-electron chi connectivity index (χ4n) is 5.98. The first-order chi connectivity index (χ1) is 15.8. The van der Waals surface area contributed by atoms with Crippen molar-refractivity contribution in [1.82, 2.24) is 4.98 Å². The monoisotopic (exact) mass is 449 g/mol. The van der Waals surface area contributed by atoms with Crippen molar-refractivity contribution in [3.63, 3.8) is 0 Å². The summed E-state index contributed by atoms with van der Waals surface area (Å²) >= 11 is 0. The Morgan fingerprint density at radius 1 is 1.00 bits per heavy atom. The van der Waals surface area contributed by atoms with Gasteiger partial charge in [-0.3, -0.25) is 0 Å². The van der Waals surface area contributed by atoms with E-state index >= 15 is 0 Å². The molecule has 1 heterocycles. The molecule has 2 unspecified atom stereocenters. The Labute approximate surface area is 191 Å². The van der Waals surface area contributed by atoms with Crippen LogP contribution in [0.15, 0.2) is 54.7 Å². The highest BCUT2D eigenvalue weighted by atomic mass is 19.4. The zero-order valence-electron chi connectivity index (χ0n) is 18.6. The van der Waals surface area contributed by atoms with Gasteiger partial charge in [-0.25, -0.2) is 4.98 Å². The maximum absolute atomic E-state index is 13.8. The van der Waals surface area contributed by atoms with E-state index < -0.39 is 11.7 Å². The summed E-state index contributed by atoms with van der Waals surface area (Å²) in [4.78, 5) is 4.46. The van der Waals surface area contributed by atoms with Crippen molar-refractivity contribution in [3.8, 4) is 5.88 Å². The highest BCUT2D eigenvalue weighted by molar-refractivity contribution is 5.53. The molecule has 6 rings (SSSR count). The number of rotatable bonds is 4. The van der Waals surface area contributed by atoms with Crippen LogP contribution in [0.4, 0.5) is 13.2 Å². The number of pyridine rings is 1. The maximum atomic E-state index is 13.8. The number of aromatic nitrogens is 1. The molecule has 2 nitrogen and oxygen atoms in total. The van der Waals surface area contributed by atoms with E-state index in [2.05, 4.69) is 30.1 Å². The molecule has 1 spiro atoms. The molecular formula is C28H26F3NO. The molecule has 170 valence electrons. The maximum Gasteiger partial charge on any atom is 0.416 e. The predicted octanol–water partition coefficient (Wildman–Crippen LogP) is 6.98. The minimum atomic E-state index is -4.35. The molecule has 3 aliphatic rings. The molecule has 3 aliphatic carbocycles. The molecule has 1 fully saturated rings. The summed E-state index contributed by atoms with van der Waals surface area (Å²) in [7, 11) is 0. The second-order valence-corrected chi connectivity index (χ2v) is 10.1. The molecule has 0 radical (unpaired) electrons. The van der Waals surface area contributed by atoms with Crippen LogP contribution in [-0.2, 0) is 31.0 Å². The van der Waals surface area contributed by atoms with Gasteiger partial charge in [0.2, 0.25) is 5.88 Å². The predicted molar refractivity (Wildman–Crippen MR) is 120 cm³/mol. The van der Waals surface area contributed by atoms with Gasteiger partial charge in [-0.2, -0.15) is 13.2 Å². The molecule has 1 aromatic heterocycles. The number of hydrogen-bond acceptors (Lipinski definition) is 2. The van der Waals surface area contributed by atoms with Gasteiger partial charge in [-0.15, -0.1) is 0 Å². The summed E-state index contributed by atoms with van der Waals surface area (Å²) < 4.78 is 47.3. The van der Waals surface area contributed by atoms with Crippen molar-refractivity contribution in [2.75, 3.05) is 0 Å². The molecule has 5 heteroatoms. The quantitative estimate of drug-likeness (QED) is 0.429. The van der Waals surface area contributed by atoms with E-state index in [0.717, 1.165) is 43.2 Å². The third kappa shape index (κ3) is 3.62. The van der Waals surface area contributed by atoms with Gasteiger partial charge >= 0.3 is 6.18 Å². The zero-order chi connectivity index (χ0) is 22.8. The van der Waals surface area contributed by atoms with E-state index in [9.17, 15) is 13.2 Å². The fraction of sp³-hybridized carbons (Fsp3) is 0.393. The molecule has 0 aliphatic heterocycles. The average Bonchev–Trinajstić information content (AvgIpc) is 3.37. The van der Waals surface area contributed by atoms with Crippen LogP contribution in [0.25, 0.3) is 0 Å². The second-order valence-electron chi connectivity index (χ2n) is 10.1. The Morgan fingerprint density at radius 3 is 2.58 bits per heavy atom.